The van der Waals surface area contributed by atoms with Gasteiger partial charge in [-0.2, -0.15) is 4.99 Å². The molecule has 30 heavy (non-hydrogen) atoms. The number of nitrogens with zero attached hydrogens (tertiary/aromatic N) is 1. The molecule has 0 bridgehead atoms. The zero-order valence-corrected chi connectivity index (χ0v) is 16.5. The fraction of sp³-hybridized carbons (Fsp3) is 0.200. The number of thioether (sulfide) groups is 1. The lowest BCUT2D eigenvalue weighted by atomic mass is 10.1. The second-order valence-electron chi connectivity index (χ2n) is 6.54. The zero-order chi connectivity index (χ0) is 21.1. The quantitative estimate of drug-likeness (QED) is 0.666. The van der Waals surface area contributed by atoms with Crippen molar-refractivity contribution in [2.45, 2.75) is 11.7 Å². The number of ether oxygens (including phenoxy) is 2. The lowest BCUT2D eigenvalue weighted by Crippen LogP contribution is -2.22. The molecule has 0 spiro atoms. The van der Waals surface area contributed by atoms with Crippen LogP contribution in [0.1, 0.15) is 16.8 Å². The van der Waals surface area contributed by atoms with Crippen molar-refractivity contribution in [3.05, 3.63) is 48.0 Å². The number of nitrogens with one attached hydrogen (secondary N) is 2. The molecule has 2 heterocycles. The number of amides is 3. The van der Waals surface area contributed by atoms with Crippen LogP contribution in [0.15, 0.2) is 47.5 Å². The Morgan fingerprint density at radius 3 is 2.60 bits per heavy atom. The highest BCUT2D eigenvalue weighted by Crippen LogP contribution is 2.32. The van der Waals surface area contributed by atoms with Crippen molar-refractivity contribution in [2.24, 2.45) is 10.7 Å². The highest BCUT2D eigenvalue weighted by molar-refractivity contribution is 8.15. The molecule has 0 aliphatic carbocycles. The third kappa shape index (κ3) is 4.54. The van der Waals surface area contributed by atoms with Crippen LogP contribution in [0.5, 0.6) is 11.5 Å². The van der Waals surface area contributed by atoms with Gasteiger partial charge in [0.25, 0.3) is 11.8 Å². The average molecular weight is 426 g/mol. The third-order valence-corrected chi connectivity index (χ3v) is 5.32. The minimum atomic E-state index is -0.619. The molecular weight excluding hydrogens is 408 g/mol. The Labute approximate surface area is 176 Å². The molecule has 154 valence electrons. The second-order valence-corrected chi connectivity index (χ2v) is 7.76. The standard InChI is InChI=1S/C20H18N4O5S/c21-20-24-19(27)16(30-20)10-17(25)22-12-3-1-2-11(8-12)18(26)23-13-4-5-14-15(9-13)29-7-6-28-14/h1-5,8-9,16H,6-7,10H2,(H,22,25)(H,23,26)(H2,21,24,27)/t16-/m1/s1. The summed E-state index contributed by atoms with van der Waals surface area (Å²) in [5, 5.41) is 5.03. The number of anilines is 2. The van der Waals surface area contributed by atoms with Crippen molar-refractivity contribution in [3.63, 3.8) is 0 Å². The van der Waals surface area contributed by atoms with Crippen LogP contribution in [0.2, 0.25) is 0 Å². The molecule has 9 nitrogen and oxygen atoms in total. The van der Waals surface area contributed by atoms with Gasteiger partial charge in [0.05, 0.1) is 0 Å². The molecular formula is C20H18N4O5S. The van der Waals surface area contributed by atoms with Gasteiger partial charge in [0.2, 0.25) is 5.91 Å². The van der Waals surface area contributed by atoms with Crippen LogP contribution in [-0.2, 0) is 9.59 Å². The number of benzene rings is 2. The van der Waals surface area contributed by atoms with Crippen LogP contribution in [0.3, 0.4) is 0 Å². The number of amidine groups is 1. The molecule has 0 aromatic heterocycles. The largest absolute Gasteiger partial charge is 0.486 e. The second kappa shape index (κ2) is 8.46. The molecule has 0 radical (unpaired) electrons. The van der Waals surface area contributed by atoms with Crippen LogP contribution in [0, 0.1) is 0 Å². The number of rotatable bonds is 5. The maximum absolute atomic E-state index is 12.6. The minimum Gasteiger partial charge on any atom is -0.486 e. The molecule has 2 aliphatic rings. The predicted molar refractivity (Wildman–Crippen MR) is 113 cm³/mol. The van der Waals surface area contributed by atoms with Crippen molar-refractivity contribution in [1.29, 1.82) is 0 Å². The van der Waals surface area contributed by atoms with E-state index >= 15 is 0 Å². The number of fused-ring (bicyclic) bond motifs is 1. The Morgan fingerprint density at radius 2 is 1.83 bits per heavy atom. The van der Waals surface area contributed by atoms with Gasteiger partial charge in [-0.25, -0.2) is 0 Å². The van der Waals surface area contributed by atoms with Crippen LogP contribution >= 0.6 is 11.8 Å². The van der Waals surface area contributed by atoms with Crippen molar-refractivity contribution < 1.29 is 23.9 Å². The van der Waals surface area contributed by atoms with E-state index in [1.165, 1.54) is 0 Å². The normalized spacial score (nSPS) is 17.3. The van der Waals surface area contributed by atoms with Gasteiger partial charge in [-0.15, -0.1) is 0 Å². The molecule has 3 amide bonds. The number of hydrogen-bond donors (Lipinski definition) is 3. The topological polar surface area (TPSA) is 132 Å². The molecule has 1 atom stereocenters. The molecule has 10 heteroatoms. The average Bonchev–Trinajstić information content (AvgIpc) is 3.04. The SMILES string of the molecule is NC1=NC(=O)[C@@H](CC(=O)Nc2cccc(C(=O)Nc3ccc4c(c3)OCCO4)c2)S1. The predicted octanol–water partition coefficient (Wildman–Crippen LogP) is 2.00. The molecule has 0 saturated heterocycles. The summed E-state index contributed by atoms with van der Waals surface area (Å²) in [5.74, 6) is 0.0832. The molecule has 0 fully saturated rings. The molecule has 0 saturated carbocycles. The Hall–Kier alpha value is -3.53. The monoisotopic (exact) mass is 426 g/mol. The van der Waals surface area contributed by atoms with Crippen LogP contribution in [-0.4, -0.2) is 41.4 Å². The molecule has 2 aromatic carbocycles. The first-order valence-electron chi connectivity index (χ1n) is 9.13. The van der Waals surface area contributed by atoms with Gasteiger partial charge in [-0.3, -0.25) is 14.4 Å². The Balaban J connectivity index is 1.38. The van der Waals surface area contributed by atoms with Gasteiger partial charge in [0.15, 0.2) is 16.7 Å². The molecule has 2 aromatic rings. The van der Waals surface area contributed by atoms with Crippen molar-refractivity contribution >= 4 is 46.0 Å². The molecule has 4 N–H and O–H groups in total. The summed E-state index contributed by atoms with van der Waals surface area (Å²) in [7, 11) is 0. The molecule has 0 unspecified atom stereocenters. The third-order valence-electron chi connectivity index (χ3n) is 4.34. The van der Waals surface area contributed by atoms with E-state index in [9.17, 15) is 14.4 Å². The summed E-state index contributed by atoms with van der Waals surface area (Å²) < 4.78 is 11.0. The number of nitrogens with two attached hydrogens (primary N) is 1. The van der Waals surface area contributed by atoms with Crippen LogP contribution < -0.4 is 25.8 Å². The van der Waals surface area contributed by atoms with E-state index in [2.05, 4.69) is 15.6 Å². The number of hydrogen-bond acceptors (Lipinski definition) is 7. The van der Waals surface area contributed by atoms with Gasteiger partial charge in [0, 0.05) is 29.4 Å². The number of carbonyl (C=O) groups is 3. The van der Waals surface area contributed by atoms with Gasteiger partial charge >= 0.3 is 0 Å². The van der Waals surface area contributed by atoms with Gasteiger partial charge in [0.1, 0.15) is 18.5 Å². The van der Waals surface area contributed by atoms with Gasteiger partial charge in [-0.05, 0) is 30.3 Å². The zero-order valence-electron chi connectivity index (χ0n) is 15.7. The van der Waals surface area contributed by atoms with Crippen molar-refractivity contribution in [1.82, 2.24) is 0 Å². The van der Waals surface area contributed by atoms with E-state index in [4.69, 9.17) is 15.2 Å². The van der Waals surface area contributed by atoms with E-state index < -0.39 is 11.2 Å². The van der Waals surface area contributed by atoms with E-state index in [0.717, 1.165) is 11.8 Å². The lowest BCUT2D eigenvalue weighted by Gasteiger charge is -2.19. The minimum absolute atomic E-state index is 0.0542. The first kappa shape index (κ1) is 19.8. The number of carbonyl (C=O) groups excluding carboxylic acids is 3. The first-order chi connectivity index (χ1) is 14.5. The van der Waals surface area contributed by atoms with Crippen LogP contribution in [0.25, 0.3) is 0 Å². The van der Waals surface area contributed by atoms with Crippen molar-refractivity contribution in [2.75, 3.05) is 23.8 Å². The summed E-state index contributed by atoms with van der Waals surface area (Å²) in [6.07, 6.45) is -0.0542. The molecule has 4 rings (SSSR count). The van der Waals surface area contributed by atoms with E-state index in [0.29, 0.717) is 41.7 Å². The fourth-order valence-corrected chi connectivity index (χ4v) is 3.80. The van der Waals surface area contributed by atoms with Gasteiger partial charge in [-0.1, -0.05) is 17.8 Å². The highest BCUT2D eigenvalue weighted by Gasteiger charge is 2.29. The fourth-order valence-electron chi connectivity index (χ4n) is 2.98. The summed E-state index contributed by atoms with van der Waals surface area (Å²) >= 11 is 1.07. The van der Waals surface area contributed by atoms with Gasteiger partial charge < -0.3 is 25.8 Å². The lowest BCUT2D eigenvalue weighted by molar-refractivity contribution is -0.121. The maximum Gasteiger partial charge on any atom is 0.262 e. The number of aliphatic imine (C=N–C) groups is 1. The smallest absolute Gasteiger partial charge is 0.262 e. The molecule has 2 aliphatic heterocycles. The van der Waals surface area contributed by atoms with E-state index in [-0.39, 0.29) is 23.4 Å². The Kier molecular flexibility index (Phi) is 5.57. The maximum atomic E-state index is 12.6. The summed E-state index contributed by atoms with van der Waals surface area (Å²) in [6.45, 7) is 0.945. The first-order valence-corrected chi connectivity index (χ1v) is 10.0. The van der Waals surface area contributed by atoms with Crippen LogP contribution in [0.4, 0.5) is 11.4 Å². The Bertz CT molecular complexity index is 1060. The summed E-state index contributed by atoms with van der Waals surface area (Å²) in [4.78, 5) is 40.1. The van der Waals surface area contributed by atoms with E-state index in [1.54, 1.807) is 42.5 Å². The van der Waals surface area contributed by atoms with Crippen molar-refractivity contribution in [3.8, 4) is 11.5 Å². The van der Waals surface area contributed by atoms with E-state index in [1.807, 2.05) is 0 Å². The summed E-state index contributed by atoms with van der Waals surface area (Å²) in [6, 6.07) is 11.7. The highest BCUT2D eigenvalue weighted by atomic mass is 32.2. The summed E-state index contributed by atoms with van der Waals surface area (Å²) in [5.41, 5.74) is 6.87. The Morgan fingerprint density at radius 1 is 1.07 bits per heavy atom.